The largest absolute Gasteiger partial charge is 0.481 e. The molecule has 0 fully saturated rings. The van der Waals surface area contributed by atoms with E-state index in [1.54, 1.807) is 16.8 Å². The molecule has 4 rings (SSSR count). The van der Waals surface area contributed by atoms with E-state index in [-0.39, 0.29) is 25.6 Å². The number of ketones is 2. The lowest BCUT2D eigenvalue weighted by atomic mass is 9.79. The van der Waals surface area contributed by atoms with E-state index in [9.17, 15) is 46.6 Å². The summed E-state index contributed by atoms with van der Waals surface area (Å²) in [5.74, 6) is -12.6. The number of halogens is 4. The summed E-state index contributed by atoms with van der Waals surface area (Å²) in [6.45, 7) is -1.54. The summed E-state index contributed by atoms with van der Waals surface area (Å²) in [4.78, 5) is 63.1. The summed E-state index contributed by atoms with van der Waals surface area (Å²) in [7, 11) is 0. The van der Waals surface area contributed by atoms with Gasteiger partial charge in [0.05, 0.1) is 18.3 Å². The van der Waals surface area contributed by atoms with Gasteiger partial charge in [0.25, 0.3) is 0 Å². The van der Waals surface area contributed by atoms with Crippen LogP contribution in [0.5, 0.6) is 5.75 Å². The Bertz CT molecular complexity index is 1490. The quantitative estimate of drug-likeness (QED) is 0.211. The van der Waals surface area contributed by atoms with Gasteiger partial charge in [-0.3, -0.25) is 19.2 Å². The maximum absolute atomic E-state index is 13.9. The first kappa shape index (κ1) is 31.1. The average Bonchev–Trinajstić information content (AvgIpc) is 3.28. The number of aromatic nitrogens is 1. The zero-order valence-electron chi connectivity index (χ0n) is 22.3. The number of nitrogens with one attached hydrogen (secondary N) is 2. The van der Waals surface area contributed by atoms with Gasteiger partial charge in [-0.05, 0) is 24.5 Å². The van der Waals surface area contributed by atoms with Crippen LogP contribution < -0.4 is 15.4 Å². The summed E-state index contributed by atoms with van der Waals surface area (Å²) in [6, 6.07) is -0.716. The van der Waals surface area contributed by atoms with Crippen LogP contribution in [-0.4, -0.2) is 64.5 Å². The van der Waals surface area contributed by atoms with Crippen LogP contribution in [0.2, 0.25) is 0 Å². The van der Waals surface area contributed by atoms with Crippen molar-refractivity contribution in [1.82, 2.24) is 15.2 Å². The summed E-state index contributed by atoms with van der Waals surface area (Å²) >= 11 is 0. The highest BCUT2D eigenvalue weighted by molar-refractivity contribution is 5.96. The fraction of sp³-hybridized carbons (Fsp3) is 0.393. The third kappa shape index (κ3) is 6.79. The van der Waals surface area contributed by atoms with Crippen molar-refractivity contribution in [3.8, 4) is 18.1 Å². The SMILES string of the molecule is C#CCOC(=O)NC1CCc2ccn3c2C1C(=O)CC(C(=O)NC(CC(=O)O)C(=O)COc1c(F)c(F)cc(F)c1F)C3. The molecule has 1 aliphatic carbocycles. The maximum atomic E-state index is 13.9. The van der Waals surface area contributed by atoms with Gasteiger partial charge in [0.15, 0.2) is 29.8 Å². The molecular formula is C28H25F4N3O8. The zero-order chi connectivity index (χ0) is 31.4. The Kier molecular flexibility index (Phi) is 9.37. The fourth-order valence-electron chi connectivity index (χ4n) is 5.26. The Morgan fingerprint density at radius 1 is 1.16 bits per heavy atom. The van der Waals surface area contributed by atoms with Crippen molar-refractivity contribution >= 4 is 29.5 Å². The number of hydrogen-bond acceptors (Lipinski definition) is 7. The molecule has 11 nitrogen and oxygen atoms in total. The highest BCUT2D eigenvalue weighted by Crippen LogP contribution is 2.38. The standard InChI is InChI=1S/C28H25F4N3O8/c1-2-7-42-28(41)34-17-4-3-13-5-6-35-11-14(8-19(36)22(17)25(13)35)27(40)33-18(10-21(38)39)20(37)12-43-26-23(31)15(29)9-16(30)24(26)32/h1,5-6,9,14,17-18,22H,3-4,7-8,10-12H2,(H,33,40)(H,34,41)(H,38,39). The molecule has 228 valence electrons. The number of carbonyl (C=O) groups excluding carboxylic acids is 4. The van der Waals surface area contributed by atoms with Crippen LogP contribution in [0.3, 0.4) is 0 Å². The molecule has 3 N–H and O–H groups in total. The van der Waals surface area contributed by atoms with Gasteiger partial charge in [-0.1, -0.05) is 5.92 Å². The van der Waals surface area contributed by atoms with Crippen LogP contribution in [-0.2, 0) is 36.9 Å². The Labute approximate surface area is 241 Å². The molecule has 2 aliphatic rings. The van der Waals surface area contributed by atoms with Crippen molar-refractivity contribution in [2.24, 2.45) is 5.92 Å². The number of amides is 2. The highest BCUT2D eigenvalue weighted by atomic mass is 19.2. The van der Waals surface area contributed by atoms with Crippen LogP contribution in [0.15, 0.2) is 18.3 Å². The number of terminal acetylenes is 1. The Morgan fingerprint density at radius 2 is 1.86 bits per heavy atom. The molecular weight excluding hydrogens is 582 g/mol. The first-order valence-electron chi connectivity index (χ1n) is 13.0. The maximum Gasteiger partial charge on any atom is 0.408 e. The minimum Gasteiger partial charge on any atom is -0.481 e. The van der Waals surface area contributed by atoms with Gasteiger partial charge in [-0.25, -0.2) is 13.6 Å². The van der Waals surface area contributed by atoms with Gasteiger partial charge in [0.1, 0.15) is 18.4 Å². The van der Waals surface area contributed by atoms with E-state index in [1.165, 1.54) is 0 Å². The van der Waals surface area contributed by atoms with Crippen molar-refractivity contribution in [3.05, 3.63) is 52.9 Å². The monoisotopic (exact) mass is 607 g/mol. The fourth-order valence-corrected chi connectivity index (χ4v) is 5.26. The Hall–Kier alpha value is -4.87. The van der Waals surface area contributed by atoms with Gasteiger partial charge < -0.3 is 29.8 Å². The smallest absolute Gasteiger partial charge is 0.408 e. The molecule has 43 heavy (non-hydrogen) atoms. The molecule has 4 unspecified atom stereocenters. The molecule has 1 aliphatic heterocycles. The number of nitrogens with zero attached hydrogens (tertiary/aromatic N) is 1. The number of rotatable bonds is 10. The molecule has 2 aromatic rings. The van der Waals surface area contributed by atoms with Crippen molar-refractivity contribution in [2.45, 2.75) is 50.2 Å². The molecule has 0 saturated heterocycles. The highest BCUT2D eigenvalue weighted by Gasteiger charge is 2.43. The van der Waals surface area contributed by atoms with Crippen molar-refractivity contribution in [1.29, 1.82) is 0 Å². The van der Waals surface area contributed by atoms with E-state index in [0.29, 0.717) is 18.5 Å². The number of ether oxygens (including phenoxy) is 2. The first-order valence-corrected chi connectivity index (χ1v) is 13.0. The van der Waals surface area contributed by atoms with Crippen molar-refractivity contribution in [2.75, 3.05) is 13.2 Å². The molecule has 0 radical (unpaired) electrons. The summed E-state index contributed by atoms with van der Waals surface area (Å²) < 4.78 is 66.0. The van der Waals surface area contributed by atoms with E-state index in [4.69, 9.17) is 11.2 Å². The van der Waals surface area contributed by atoms with Crippen LogP contribution in [0.4, 0.5) is 22.4 Å². The second-order valence-corrected chi connectivity index (χ2v) is 10.0. The first-order chi connectivity index (χ1) is 20.4. The van der Waals surface area contributed by atoms with Crippen molar-refractivity contribution in [3.63, 3.8) is 0 Å². The van der Waals surface area contributed by atoms with E-state index >= 15 is 0 Å². The molecule has 0 bridgehead atoms. The predicted octanol–water partition coefficient (Wildman–Crippen LogP) is 2.00. The van der Waals surface area contributed by atoms with Gasteiger partial charge in [-0.15, -0.1) is 6.42 Å². The Balaban J connectivity index is 1.49. The molecule has 2 amide bonds. The molecule has 2 heterocycles. The van der Waals surface area contributed by atoms with E-state index in [1.807, 2.05) is 0 Å². The number of aliphatic carboxylic acids is 1. The topological polar surface area (TPSA) is 153 Å². The summed E-state index contributed by atoms with van der Waals surface area (Å²) in [6.07, 6.45) is 5.59. The van der Waals surface area contributed by atoms with E-state index in [0.717, 1.165) is 5.56 Å². The lowest BCUT2D eigenvalue weighted by molar-refractivity contribution is -0.141. The minimum atomic E-state index is -1.91. The van der Waals surface area contributed by atoms with Crippen LogP contribution in [0.1, 0.15) is 36.4 Å². The van der Waals surface area contributed by atoms with Gasteiger partial charge in [-0.2, -0.15) is 8.78 Å². The molecule has 15 heteroatoms. The van der Waals surface area contributed by atoms with Crippen molar-refractivity contribution < 1.29 is 56.1 Å². The number of benzene rings is 1. The van der Waals surface area contributed by atoms with E-state index in [2.05, 4.69) is 21.3 Å². The molecule has 1 aromatic carbocycles. The molecule has 1 aromatic heterocycles. The summed E-state index contributed by atoms with van der Waals surface area (Å²) in [5, 5.41) is 14.2. The van der Waals surface area contributed by atoms with E-state index < -0.39 is 95.5 Å². The third-order valence-corrected chi connectivity index (χ3v) is 7.20. The second kappa shape index (κ2) is 13.0. The number of aryl methyl sites for hydroxylation is 1. The van der Waals surface area contributed by atoms with Crippen LogP contribution in [0, 0.1) is 41.5 Å². The number of Topliss-reactive ketones (excluding diaryl/α,β-unsaturated/α-hetero) is 2. The third-order valence-electron chi connectivity index (χ3n) is 7.20. The minimum absolute atomic E-state index is 0.0266. The zero-order valence-corrected chi connectivity index (χ0v) is 22.3. The molecule has 4 atom stereocenters. The predicted molar refractivity (Wildman–Crippen MR) is 137 cm³/mol. The number of hydrogen-bond donors (Lipinski definition) is 3. The van der Waals surface area contributed by atoms with Gasteiger partial charge in [0.2, 0.25) is 17.5 Å². The summed E-state index contributed by atoms with van der Waals surface area (Å²) in [5.41, 5.74) is 1.45. The van der Waals surface area contributed by atoms with Gasteiger partial charge >= 0.3 is 12.1 Å². The van der Waals surface area contributed by atoms with Gasteiger partial charge in [0, 0.05) is 37.0 Å². The number of carbonyl (C=O) groups is 5. The lowest BCUT2D eigenvalue weighted by Crippen LogP contribution is -2.47. The molecule has 0 spiro atoms. The molecule has 0 saturated carbocycles. The number of alkyl carbamates (subject to hydrolysis) is 1. The van der Waals surface area contributed by atoms with Crippen LogP contribution in [0.25, 0.3) is 0 Å². The Morgan fingerprint density at radius 3 is 2.51 bits per heavy atom. The normalized spacial score (nSPS) is 19.7. The number of carboxylic acid groups (broad SMARTS) is 1. The van der Waals surface area contributed by atoms with Crippen LogP contribution >= 0.6 is 0 Å². The lowest BCUT2D eigenvalue weighted by Gasteiger charge is -2.31. The number of carboxylic acids is 1. The average molecular weight is 608 g/mol. The second-order valence-electron chi connectivity index (χ2n) is 10.0.